The summed E-state index contributed by atoms with van der Waals surface area (Å²) >= 11 is 18.5. The lowest BCUT2D eigenvalue weighted by Crippen LogP contribution is -2.17. The highest BCUT2D eigenvalue weighted by atomic mass is 35.5. The third-order valence-electron chi connectivity index (χ3n) is 4.05. The van der Waals surface area contributed by atoms with Gasteiger partial charge in [-0.3, -0.25) is 4.57 Å². The van der Waals surface area contributed by atoms with E-state index in [9.17, 15) is 0 Å². The average molecular weight is 384 g/mol. The standard InChI is InChI=1S/C16H13Cl3N4O/c17-9-4-5-10(11(18)7-9)13-14-15(22-16(19)21-13)23(8-20-14)12-3-1-2-6-24-12/h4-5,7-8,12H,1-3,6H2. The molecule has 1 aliphatic rings. The van der Waals surface area contributed by atoms with Crippen LogP contribution in [-0.2, 0) is 4.74 Å². The molecule has 124 valence electrons. The molecule has 1 atom stereocenters. The lowest BCUT2D eigenvalue weighted by atomic mass is 10.1. The van der Waals surface area contributed by atoms with E-state index in [1.807, 2.05) is 4.57 Å². The molecule has 2 aromatic heterocycles. The van der Waals surface area contributed by atoms with E-state index in [1.54, 1.807) is 24.5 Å². The first-order valence-corrected chi connectivity index (χ1v) is 8.74. The normalized spacial score (nSPS) is 18.2. The molecule has 0 N–H and O–H groups in total. The molecule has 5 nitrogen and oxygen atoms in total. The highest BCUT2D eigenvalue weighted by molar-refractivity contribution is 6.36. The Balaban J connectivity index is 1.89. The smallest absolute Gasteiger partial charge is 0.225 e. The van der Waals surface area contributed by atoms with Gasteiger partial charge in [0, 0.05) is 17.2 Å². The van der Waals surface area contributed by atoms with E-state index in [0.717, 1.165) is 25.9 Å². The maximum absolute atomic E-state index is 6.33. The number of aromatic nitrogens is 4. The maximum Gasteiger partial charge on any atom is 0.225 e. The summed E-state index contributed by atoms with van der Waals surface area (Å²) in [4.78, 5) is 13.2. The largest absolute Gasteiger partial charge is 0.358 e. The predicted molar refractivity (Wildman–Crippen MR) is 94.6 cm³/mol. The molecule has 3 aromatic rings. The molecule has 1 aromatic carbocycles. The van der Waals surface area contributed by atoms with Crippen molar-refractivity contribution in [3.63, 3.8) is 0 Å². The van der Waals surface area contributed by atoms with E-state index < -0.39 is 0 Å². The fraction of sp³-hybridized carbons (Fsp3) is 0.312. The minimum atomic E-state index is -0.0803. The Hall–Kier alpha value is -1.40. The van der Waals surface area contributed by atoms with Crippen molar-refractivity contribution < 1.29 is 4.74 Å². The van der Waals surface area contributed by atoms with E-state index in [0.29, 0.717) is 32.5 Å². The summed E-state index contributed by atoms with van der Waals surface area (Å²) < 4.78 is 7.74. The van der Waals surface area contributed by atoms with Crippen molar-refractivity contribution in [2.75, 3.05) is 6.61 Å². The Morgan fingerprint density at radius 1 is 1.12 bits per heavy atom. The van der Waals surface area contributed by atoms with E-state index in [2.05, 4.69) is 15.0 Å². The number of imidazole rings is 1. The van der Waals surface area contributed by atoms with Crippen LogP contribution in [0.2, 0.25) is 15.3 Å². The highest BCUT2D eigenvalue weighted by Gasteiger charge is 2.22. The van der Waals surface area contributed by atoms with Crippen molar-refractivity contribution in [1.29, 1.82) is 0 Å². The van der Waals surface area contributed by atoms with Crippen molar-refractivity contribution in [3.05, 3.63) is 39.9 Å². The minimum Gasteiger partial charge on any atom is -0.358 e. The second kappa shape index (κ2) is 6.48. The molecular weight excluding hydrogens is 371 g/mol. The van der Waals surface area contributed by atoms with E-state index >= 15 is 0 Å². The van der Waals surface area contributed by atoms with Crippen LogP contribution in [0.1, 0.15) is 25.5 Å². The second-order valence-corrected chi connectivity index (χ2v) is 6.79. The Kier molecular flexibility index (Phi) is 4.35. The highest BCUT2D eigenvalue weighted by Crippen LogP contribution is 2.35. The molecule has 0 amide bonds. The van der Waals surface area contributed by atoms with Gasteiger partial charge < -0.3 is 4.74 Å². The minimum absolute atomic E-state index is 0.0803. The zero-order valence-corrected chi connectivity index (χ0v) is 14.8. The predicted octanol–water partition coefficient (Wildman–Crippen LogP) is 5.15. The zero-order valence-electron chi connectivity index (χ0n) is 12.5. The van der Waals surface area contributed by atoms with Gasteiger partial charge in [-0.2, -0.15) is 4.98 Å². The Bertz CT molecular complexity index is 906. The van der Waals surface area contributed by atoms with Crippen molar-refractivity contribution in [2.45, 2.75) is 25.5 Å². The fourth-order valence-electron chi connectivity index (χ4n) is 2.91. The maximum atomic E-state index is 6.33. The van der Waals surface area contributed by atoms with Gasteiger partial charge >= 0.3 is 0 Å². The van der Waals surface area contributed by atoms with Crippen LogP contribution in [0.3, 0.4) is 0 Å². The Morgan fingerprint density at radius 2 is 2.00 bits per heavy atom. The van der Waals surface area contributed by atoms with Gasteiger partial charge in [0.25, 0.3) is 0 Å². The molecule has 1 unspecified atom stereocenters. The molecule has 1 aliphatic heterocycles. The van der Waals surface area contributed by atoms with Gasteiger partial charge in [0.1, 0.15) is 17.4 Å². The van der Waals surface area contributed by atoms with Crippen LogP contribution >= 0.6 is 34.8 Å². The Morgan fingerprint density at radius 3 is 2.75 bits per heavy atom. The summed E-state index contributed by atoms with van der Waals surface area (Å²) in [5.41, 5.74) is 2.58. The van der Waals surface area contributed by atoms with Crippen molar-refractivity contribution in [2.24, 2.45) is 0 Å². The second-order valence-electron chi connectivity index (χ2n) is 5.61. The SMILES string of the molecule is Clc1ccc(-c2nc(Cl)nc3c2ncn3C2CCCCO2)c(Cl)c1. The van der Waals surface area contributed by atoms with Gasteiger partial charge in [0.2, 0.25) is 5.28 Å². The summed E-state index contributed by atoms with van der Waals surface area (Å²) in [5.74, 6) is 0. The fourth-order valence-corrected chi connectivity index (χ4v) is 3.58. The van der Waals surface area contributed by atoms with Crippen molar-refractivity contribution in [3.8, 4) is 11.3 Å². The van der Waals surface area contributed by atoms with Gasteiger partial charge in [-0.25, -0.2) is 9.97 Å². The zero-order chi connectivity index (χ0) is 16.7. The monoisotopic (exact) mass is 382 g/mol. The van der Waals surface area contributed by atoms with Crippen molar-refractivity contribution in [1.82, 2.24) is 19.5 Å². The summed E-state index contributed by atoms with van der Waals surface area (Å²) in [5, 5.41) is 1.18. The van der Waals surface area contributed by atoms with Gasteiger partial charge in [0.05, 0.1) is 11.3 Å². The lowest BCUT2D eigenvalue weighted by molar-refractivity contribution is -0.0298. The lowest BCUT2D eigenvalue weighted by Gasteiger charge is -2.23. The molecular formula is C16H13Cl3N4O. The number of benzene rings is 1. The molecule has 24 heavy (non-hydrogen) atoms. The molecule has 0 spiro atoms. The molecule has 3 heterocycles. The first-order chi connectivity index (χ1) is 11.6. The summed E-state index contributed by atoms with van der Waals surface area (Å²) in [6.45, 7) is 0.735. The number of hydrogen-bond donors (Lipinski definition) is 0. The van der Waals surface area contributed by atoms with Crippen LogP contribution < -0.4 is 0 Å². The molecule has 1 fully saturated rings. The van der Waals surface area contributed by atoms with Gasteiger partial charge in [-0.15, -0.1) is 0 Å². The van der Waals surface area contributed by atoms with Crippen LogP contribution in [0.4, 0.5) is 0 Å². The molecule has 4 rings (SSSR count). The number of hydrogen-bond acceptors (Lipinski definition) is 4. The van der Waals surface area contributed by atoms with Crippen LogP contribution in [0.5, 0.6) is 0 Å². The number of rotatable bonds is 2. The van der Waals surface area contributed by atoms with Crippen LogP contribution in [0.25, 0.3) is 22.4 Å². The Labute approximate surface area is 153 Å². The van der Waals surface area contributed by atoms with E-state index in [-0.39, 0.29) is 11.5 Å². The quantitative estimate of drug-likeness (QED) is 0.574. The summed E-state index contributed by atoms with van der Waals surface area (Å²) in [6, 6.07) is 5.23. The average Bonchev–Trinajstić information content (AvgIpc) is 2.99. The molecule has 0 saturated carbocycles. The van der Waals surface area contributed by atoms with Crippen LogP contribution in [-0.4, -0.2) is 26.1 Å². The van der Waals surface area contributed by atoms with Gasteiger partial charge in [-0.05, 0) is 49.1 Å². The van der Waals surface area contributed by atoms with E-state index in [4.69, 9.17) is 39.5 Å². The summed E-state index contributed by atoms with van der Waals surface area (Å²) in [7, 11) is 0. The summed E-state index contributed by atoms with van der Waals surface area (Å²) in [6.07, 6.45) is 4.75. The topological polar surface area (TPSA) is 52.8 Å². The number of halogens is 3. The van der Waals surface area contributed by atoms with Crippen molar-refractivity contribution >= 4 is 46.0 Å². The molecule has 1 saturated heterocycles. The first kappa shape index (κ1) is 16.1. The molecule has 0 radical (unpaired) electrons. The first-order valence-electron chi connectivity index (χ1n) is 7.60. The molecule has 8 heteroatoms. The van der Waals surface area contributed by atoms with Crippen LogP contribution in [0, 0.1) is 0 Å². The third-order valence-corrected chi connectivity index (χ3v) is 4.76. The number of nitrogens with zero attached hydrogens (tertiary/aromatic N) is 4. The van der Waals surface area contributed by atoms with Gasteiger partial charge in [0.15, 0.2) is 5.65 Å². The van der Waals surface area contributed by atoms with E-state index in [1.165, 1.54) is 0 Å². The number of ether oxygens (including phenoxy) is 1. The molecule has 0 bridgehead atoms. The third kappa shape index (κ3) is 2.86. The van der Waals surface area contributed by atoms with Gasteiger partial charge in [-0.1, -0.05) is 23.2 Å². The number of fused-ring (bicyclic) bond motifs is 1. The van der Waals surface area contributed by atoms with Crippen LogP contribution in [0.15, 0.2) is 24.5 Å². The molecule has 0 aliphatic carbocycles.